The van der Waals surface area contributed by atoms with Crippen LogP contribution in [0.25, 0.3) is 6.08 Å². The summed E-state index contributed by atoms with van der Waals surface area (Å²) in [4.78, 5) is 37.5. The van der Waals surface area contributed by atoms with Gasteiger partial charge in [-0.3, -0.25) is 9.59 Å². The molecule has 0 fully saturated rings. The third-order valence-corrected chi connectivity index (χ3v) is 4.21. The number of esters is 2. The zero-order valence-corrected chi connectivity index (χ0v) is 18.1. The molecule has 0 N–H and O–H groups in total. The maximum absolute atomic E-state index is 13.2. The number of ketones is 1. The molecule has 0 aromatic heterocycles. The Bertz CT molecular complexity index is 916. The molecule has 0 radical (unpaired) electrons. The molecule has 2 rings (SSSR count). The number of carbonyl (C=O) groups is 3. The number of hydrogen-bond acceptors (Lipinski definition) is 5. The maximum Gasteiger partial charge on any atom is 0.330 e. The highest BCUT2D eigenvalue weighted by Crippen LogP contribution is 2.26. The zero-order chi connectivity index (χ0) is 22.3. The minimum atomic E-state index is -1.05. The molecule has 158 valence electrons. The Balaban J connectivity index is 2.30. The third kappa shape index (κ3) is 6.69. The summed E-state index contributed by atoms with van der Waals surface area (Å²) in [7, 11) is 0. The Labute approximate surface area is 177 Å². The second-order valence-corrected chi connectivity index (χ2v) is 7.95. The first-order chi connectivity index (χ1) is 14.1. The topological polar surface area (TPSA) is 69.7 Å². The molecular formula is C25H28O5. The smallest absolute Gasteiger partial charge is 0.330 e. The number of Topliss-reactive ketones (excluding diaryl/α,β-unsaturated/α-hetero) is 1. The lowest BCUT2D eigenvalue weighted by atomic mass is 9.89. The van der Waals surface area contributed by atoms with Gasteiger partial charge in [0.25, 0.3) is 0 Å². The zero-order valence-electron chi connectivity index (χ0n) is 18.1. The third-order valence-electron chi connectivity index (χ3n) is 4.21. The van der Waals surface area contributed by atoms with Gasteiger partial charge in [-0.05, 0) is 51.8 Å². The van der Waals surface area contributed by atoms with Crippen LogP contribution < -0.4 is 0 Å². The number of ether oxygens (including phenoxy) is 2. The molecule has 5 nitrogen and oxygen atoms in total. The van der Waals surface area contributed by atoms with E-state index in [-0.39, 0.29) is 5.78 Å². The van der Waals surface area contributed by atoms with Gasteiger partial charge >= 0.3 is 11.9 Å². The standard InChI is InChI=1S/C25H28O5/c1-6-29-21(26)16-11-18-9-14-20(15-10-18)23(27)22(24(28)30-25(3,4)5)19-12-7-17(2)8-13-19/h7-16,22H,6H2,1-5H3/b16-11+/t22-/m0/s1. The minimum absolute atomic E-state index is 0.307. The summed E-state index contributed by atoms with van der Waals surface area (Å²) in [6.07, 6.45) is 2.94. The summed E-state index contributed by atoms with van der Waals surface area (Å²) in [5.41, 5.74) is 2.05. The summed E-state index contributed by atoms with van der Waals surface area (Å²) in [6, 6.07) is 14.0. The molecule has 0 saturated heterocycles. The predicted octanol–water partition coefficient (Wildman–Crippen LogP) is 4.88. The van der Waals surface area contributed by atoms with Gasteiger partial charge < -0.3 is 9.47 Å². The summed E-state index contributed by atoms with van der Waals surface area (Å²) >= 11 is 0. The molecule has 0 spiro atoms. The van der Waals surface area contributed by atoms with Gasteiger partial charge in [0.05, 0.1) is 6.61 Å². The van der Waals surface area contributed by atoms with E-state index in [1.54, 1.807) is 70.2 Å². The second kappa shape index (κ2) is 10.0. The van der Waals surface area contributed by atoms with Gasteiger partial charge in [-0.1, -0.05) is 54.1 Å². The average Bonchev–Trinajstić information content (AvgIpc) is 2.67. The maximum atomic E-state index is 13.2. The molecule has 0 aliphatic carbocycles. The van der Waals surface area contributed by atoms with Crippen LogP contribution >= 0.6 is 0 Å². The Morgan fingerprint density at radius 3 is 2.10 bits per heavy atom. The molecular weight excluding hydrogens is 380 g/mol. The van der Waals surface area contributed by atoms with Crippen molar-refractivity contribution >= 4 is 23.8 Å². The Morgan fingerprint density at radius 1 is 0.967 bits per heavy atom. The summed E-state index contributed by atoms with van der Waals surface area (Å²) < 4.78 is 10.4. The van der Waals surface area contributed by atoms with Gasteiger partial charge in [0, 0.05) is 11.6 Å². The first-order valence-electron chi connectivity index (χ1n) is 9.89. The summed E-state index contributed by atoms with van der Waals surface area (Å²) in [5.74, 6) is -2.40. The Kier molecular flexibility index (Phi) is 7.70. The molecule has 2 aromatic rings. The van der Waals surface area contributed by atoms with E-state index in [1.807, 2.05) is 19.1 Å². The molecule has 5 heteroatoms. The van der Waals surface area contributed by atoms with E-state index in [0.29, 0.717) is 17.7 Å². The number of rotatable bonds is 7. The fourth-order valence-electron chi connectivity index (χ4n) is 2.79. The van der Waals surface area contributed by atoms with E-state index >= 15 is 0 Å². The molecule has 2 aromatic carbocycles. The van der Waals surface area contributed by atoms with E-state index in [1.165, 1.54) is 6.08 Å². The van der Waals surface area contributed by atoms with Crippen LogP contribution in [-0.4, -0.2) is 29.9 Å². The Morgan fingerprint density at radius 2 is 1.57 bits per heavy atom. The highest BCUT2D eigenvalue weighted by Gasteiger charge is 2.33. The minimum Gasteiger partial charge on any atom is -0.463 e. The lowest BCUT2D eigenvalue weighted by molar-refractivity contribution is -0.155. The van der Waals surface area contributed by atoms with E-state index < -0.39 is 23.5 Å². The highest BCUT2D eigenvalue weighted by atomic mass is 16.6. The molecule has 0 aliphatic rings. The second-order valence-electron chi connectivity index (χ2n) is 7.95. The predicted molar refractivity (Wildman–Crippen MR) is 116 cm³/mol. The van der Waals surface area contributed by atoms with Crippen LogP contribution in [0, 0.1) is 6.92 Å². The molecule has 1 atom stereocenters. The molecule has 0 bridgehead atoms. The van der Waals surface area contributed by atoms with Crippen molar-refractivity contribution < 1.29 is 23.9 Å². The molecule has 0 amide bonds. The lowest BCUT2D eigenvalue weighted by Gasteiger charge is -2.24. The van der Waals surface area contributed by atoms with Gasteiger partial charge in [-0.2, -0.15) is 0 Å². The first-order valence-corrected chi connectivity index (χ1v) is 9.89. The van der Waals surface area contributed by atoms with Crippen molar-refractivity contribution in [1.29, 1.82) is 0 Å². The van der Waals surface area contributed by atoms with Crippen LogP contribution in [0.2, 0.25) is 0 Å². The summed E-state index contributed by atoms with van der Waals surface area (Å²) in [6.45, 7) is 9.30. The van der Waals surface area contributed by atoms with Crippen LogP contribution in [0.1, 0.15) is 60.7 Å². The van der Waals surface area contributed by atoms with Crippen molar-refractivity contribution in [3.05, 3.63) is 76.9 Å². The molecule has 0 saturated carbocycles. The van der Waals surface area contributed by atoms with Crippen molar-refractivity contribution in [2.45, 2.75) is 46.1 Å². The van der Waals surface area contributed by atoms with Crippen LogP contribution in [-0.2, 0) is 19.1 Å². The van der Waals surface area contributed by atoms with Crippen molar-refractivity contribution in [2.24, 2.45) is 0 Å². The SMILES string of the molecule is CCOC(=O)/C=C/c1ccc(C(=O)[C@@H](C(=O)OC(C)(C)C)c2ccc(C)cc2)cc1. The van der Waals surface area contributed by atoms with Crippen LogP contribution in [0.15, 0.2) is 54.6 Å². The quantitative estimate of drug-likeness (QED) is 0.283. The number of aryl methyl sites for hydroxylation is 1. The fourth-order valence-corrected chi connectivity index (χ4v) is 2.79. The van der Waals surface area contributed by atoms with Gasteiger partial charge in [-0.15, -0.1) is 0 Å². The van der Waals surface area contributed by atoms with E-state index in [2.05, 4.69) is 0 Å². The van der Waals surface area contributed by atoms with Gasteiger partial charge in [0.1, 0.15) is 11.5 Å². The van der Waals surface area contributed by atoms with E-state index in [4.69, 9.17) is 9.47 Å². The number of benzene rings is 2. The van der Waals surface area contributed by atoms with Crippen molar-refractivity contribution in [3.63, 3.8) is 0 Å². The normalized spacial score (nSPS) is 12.4. The Hall–Kier alpha value is -3.21. The van der Waals surface area contributed by atoms with E-state index in [0.717, 1.165) is 11.1 Å². The monoisotopic (exact) mass is 408 g/mol. The van der Waals surface area contributed by atoms with Crippen LogP contribution in [0.5, 0.6) is 0 Å². The first kappa shape index (κ1) is 23.1. The van der Waals surface area contributed by atoms with Crippen molar-refractivity contribution in [1.82, 2.24) is 0 Å². The molecule has 0 unspecified atom stereocenters. The van der Waals surface area contributed by atoms with Crippen LogP contribution in [0.4, 0.5) is 0 Å². The van der Waals surface area contributed by atoms with Crippen molar-refractivity contribution in [2.75, 3.05) is 6.61 Å². The van der Waals surface area contributed by atoms with Crippen LogP contribution in [0.3, 0.4) is 0 Å². The number of hydrogen-bond donors (Lipinski definition) is 0. The van der Waals surface area contributed by atoms with Gasteiger partial charge in [0.15, 0.2) is 5.78 Å². The fraction of sp³-hybridized carbons (Fsp3) is 0.320. The molecule has 0 aliphatic heterocycles. The lowest BCUT2D eigenvalue weighted by Crippen LogP contribution is -2.31. The van der Waals surface area contributed by atoms with Gasteiger partial charge in [0.2, 0.25) is 0 Å². The molecule has 30 heavy (non-hydrogen) atoms. The highest BCUT2D eigenvalue weighted by molar-refractivity contribution is 6.13. The largest absolute Gasteiger partial charge is 0.463 e. The molecule has 0 heterocycles. The van der Waals surface area contributed by atoms with Gasteiger partial charge in [-0.25, -0.2) is 4.79 Å². The number of carbonyl (C=O) groups excluding carboxylic acids is 3. The average molecular weight is 408 g/mol. The summed E-state index contributed by atoms with van der Waals surface area (Å²) in [5, 5.41) is 0. The van der Waals surface area contributed by atoms with Crippen molar-refractivity contribution in [3.8, 4) is 0 Å². The van der Waals surface area contributed by atoms with E-state index in [9.17, 15) is 14.4 Å².